The molecule has 0 radical (unpaired) electrons. The smallest absolute Gasteiger partial charge is 0.343 e. The number of ether oxygens (including phenoxy) is 1. The molecule has 5 heteroatoms. The standard InChI is InChI=1S/C20H28FNO3/c21-12-6-2-5-11-20(24,17-7-3-1-4-8-17)19(23)25-18-15-22-13-9-16(18)10-14-22/h1,3-4,7-8,16,18,24H,2,5-6,9-15H2/t18-,20+/m1/s1. The van der Waals surface area contributed by atoms with E-state index in [0.717, 1.165) is 32.5 Å². The van der Waals surface area contributed by atoms with Gasteiger partial charge in [0.05, 0.1) is 6.67 Å². The molecule has 4 nitrogen and oxygen atoms in total. The van der Waals surface area contributed by atoms with Crippen LogP contribution >= 0.6 is 0 Å². The van der Waals surface area contributed by atoms with Crippen LogP contribution in [0.15, 0.2) is 30.3 Å². The molecule has 138 valence electrons. The molecule has 3 aliphatic heterocycles. The quantitative estimate of drug-likeness (QED) is 0.579. The van der Waals surface area contributed by atoms with Crippen molar-refractivity contribution in [3.63, 3.8) is 0 Å². The number of benzene rings is 1. The summed E-state index contributed by atoms with van der Waals surface area (Å²) in [6.07, 6.45) is 3.94. The zero-order valence-electron chi connectivity index (χ0n) is 14.7. The monoisotopic (exact) mass is 349 g/mol. The van der Waals surface area contributed by atoms with Crippen molar-refractivity contribution in [2.45, 2.75) is 50.2 Å². The summed E-state index contributed by atoms with van der Waals surface area (Å²) in [5.74, 6) is -0.154. The maximum atomic E-state index is 12.9. The second-order valence-corrected chi connectivity index (χ2v) is 7.31. The van der Waals surface area contributed by atoms with Crippen LogP contribution in [0.3, 0.4) is 0 Å². The molecule has 3 saturated heterocycles. The number of unbranched alkanes of at least 4 members (excludes halogenated alkanes) is 2. The molecule has 1 aromatic rings. The maximum absolute atomic E-state index is 12.9. The molecule has 4 rings (SSSR count). The van der Waals surface area contributed by atoms with Gasteiger partial charge in [0.15, 0.2) is 5.60 Å². The van der Waals surface area contributed by atoms with Gasteiger partial charge in [-0.2, -0.15) is 0 Å². The molecule has 1 N–H and O–H groups in total. The van der Waals surface area contributed by atoms with Gasteiger partial charge < -0.3 is 9.84 Å². The number of hydrogen-bond acceptors (Lipinski definition) is 4. The fourth-order valence-corrected chi connectivity index (χ4v) is 4.01. The average Bonchev–Trinajstić information content (AvgIpc) is 2.66. The van der Waals surface area contributed by atoms with Crippen LogP contribution in [0.5, 0.6) is 0 Å². The Labute approximate surface area is 149 Å². The van der Waals surface area contributed by atoms with Gasteiger partial charge >= 0.3 is 5.97 Å². The number of hydrogen-bond donors (Lipinski definition) is 1. The Morgan fingerprint density at radius 2 is 1.92 bits per heavy atom. The lowest BCUT2D eigenvalue weighted by Crippen LogP contribution is -2.53. The van der Waals surface area contributed by atoms with Crippen LogP contribution in [-0.4, -0.2) is 48.4 Å². The van der Waals surface area contributed by atoms with Gasteiger partial charge in [-0.25, -0.2) is 4.79 Å². The molecular weight excluding hydrogens is 321 g/mol. The number of carbonyl (C=O) groups is 1. The first-order valence-corrected chi connectivity index (χ1v) is 9.41. The van der Waals surface area contributed by atoms with Crippen LogP contribution in [0.25, 0.3) is 0 Å². The number of alkyl halides is 1. The van der Waals surface area contributed by atoms with Gasteiger partial charge in [-0.05, 0) is 56.7 Å². The van der Waals surface area contributed by atoms with Crippen LogP contribution in [0, 0.1) is 5.92 Å². The normalized spacial score (nSPS) is 27.7. The summed E-state index contributed by atoms with van der Waals surface area (Å²) in [5, 5.41) is 11.2. The van der Waals surface area contributed by atoms with Crippen LogP contribution in [0.4, 0.5) is 4.39 Å². The number of fused-ring (bicyclic) bond motifs is 3. The number of carbonyl (C=O) groups excluding carboxylic acids is 1. The lowest BCUT2D eigenvalue weighted by molar-refractivity contribution is -0.182. The molecule has 0 unspecified atom stereocenters. The first-order chi connectivity index (χ1) is 12.1. The predicted octanol–water partition coefficient (Wildman–Crippen LogP) is 3.04. The SMILES string of the molecule is O=C(O[C@@H]1CN2CCC1CC2)[C@](O)(CCCCCF)c1ccccc1. The number of aliphatic hydroxyl groups is 1. The van der Waals surface area contributed by atoms with E-state index in [4.69, 9.17) is 4.74 Å². The minimum Gasteiger partial charge on any atom is -0.458 e. The Morgan fingerprint density at radius 3 is 2.52 bits per heavy atom. The Morgan fingerprint density at radius 1 is 1.20 bits per heavy atom. The fraction of sp³-hybridized carbons (Fsp3) is 0.650. The Hall–Kier alpha value is -1.46. The van der Waals surface area contributed by atoms with E-state index < -0.39 is 11.6 Å². The largest absolute Gasteiger partial charge is 0.458 e. The minimum absolute atomic E-state index is 0.129. The summed E-state index contributed by atoms with van der Waals surface area (Å²) in [6, 6.07) is 8.98. The topological polar surface area (TPSA) is 49.8 Å². The third-order valence-electron chi connectivity index (χ3n) is 5.62. The van der Waals surface area contributed by atoms with Crippen molar-refractivity contribution in [2.24, 2.45) is 5.92 Å². The van der Waals surface area contributed by atoms with Crippen molar-refractivity contribution in [2.75, 3.05) is 26.3 Å². The molecule has 3 heterocycles. The van der Waals surface area contributed by atoms with Gasteiger partial charge in [-0.15, -0.1) is 0 Å². The number of halogens is 1. The second kappa shape index (κ2) is 8.28. The highest BCUT2D eigenvalue weighted by molar-refractivity contribution is 5.81. The summed E-state index contributed by atoms with van der Waals surface area (Å²) in [6.45, 7) is 2.55. The van der Waals surface area contributed by atoms with Crippen LogP contribution in [0.1, 0.15) is 44.1 Å². The number of nitrogens with zero attached hydrogens (tertiary/aromatic N) is 1. The molecule has 0 saturated carbocycles. The molecule has 0 aliphatic carbocycles. The van der Waals surface area contributed by atoms with Crippen molar-refractivity contribution >= 4 is 5.97 Å². The van der Waals surface area contributed by atoms with Crippen LogP contribution < -0.4 is 0 Å². The van der Waals surface area contributed by atoms with Gasteiger partial charge in [0.25, 0.3) is 0 Å². The molecule has 25 heavy (non-hydrogen) atoms. The molecular formula is C20H28FNO3. The van der Waals surface area contributed by atoms with Gasteiger partial charge in [0.2, 0.25) is 0 Å². The lowest BCUT2D eigenvalue weighted by Gasteiger charge is -2.44. The van der Waals surface area contributed by atoms with Crippen molar-refractivity contribution in [3.8, 4) is 0 Å². The molecule has 3 fully saturated rings. The van der Waals surface area contributed by atoms with Crippen LogP contribution in [-0.2, 0) is 15.1 Å². The molecule has 2 bridgehead atoms. The van der Waals surface area contributed by atoms with Crippen LogP contribution in [0.2, 0.25) is 0 Å². The number of rotatable bonds is 8. The van der Waals surface area contributed by atoms with E-state index in [0.29, 0.717) is 30.7 Å². The molecule has 0 amide bonds. The molecule has 2 atom stereocenters. The van der Waals surface area contributed by atoms with E-state index in [-0.39, 0.29) is 19.2 Å². The second-order valence-electron chi connectivity index (χ2n) is 7.31. The van der Waals surface area contributed by atoms with E-state index in [2.05, 4.69) is 4.90 Å². The highest BCUT2D eigenvalue weighted by Crippen LogP contribution is 2.34. The first-order valence-electron chi connectivity index (χ1n) is 9.41. The maximum Gasteiger partial charge on any atom is 0.343 e. The first kappa shape index (κ1) is 18.3. The van der Waals surface area contributed by atoms with Crippen molar-refractivity contribution in [3.05, 3.63) is 35.9 Å². The fourth-order valence-electron chi connectivity index (χ4n) is 4.01. The Balaban J connectivity index is 1.70. The summed E-state index contributed by atoms with van der Waals surface area (Å²) in [5.41, 5.74) is -1.09. The Kier molecular flexibility index (Phi) is 6.07. The predicted molar refractivity (Wildman–Crippen MR) is 93.8 cm³/mol. The number of esters is 1. The van der Waals surface area contributed by atoms with Gasteiger partial charge in [-0.3, -0.25) is 9.29 Å². The average molecular weight is 349 g/mol. The number of piperidine rings is 3. The van der Waals surface area contributed by atoms with E-state index in [9.17, 15) is 14.3 Å². The highest BCUT2D eigenvalue weighted by Gasteiger charge is 2.43. The summed E-state index contributed by atoms with van der Waals surface area (Å²) >= 11 is 0. The summed E-state index contributed by atoms with van der Waals surface area (Å²) in [7, 11) is 0. The Bertz CT molecular complexity index is 559. The minimum atomic E-state index is -1.65. The third-order valence-corrected chi connectivity index (χ3v) is 5.62. The molecule has 1 aromatic carbocycles. The van der Waals surface area contributed by atoms with E-state index in [1.54, 1.807) is 12.1 Å². The van der Waals surface area contributed by atoms with E-state index >= 15 is 0 Å². The van der Waals surface area contributed by atoms with E-state index in [1.165, 1.54) is 0 Å². The molecule has 3 aliphatic rings. The molecule has 0 aromatic heterocycles. The molecule has 0 spiro atoms. The lowest BCUT2D eigenvalue weighted by atomic mass is 9.85. The van der Waals surface area contributed by atoms with Crippen molar-refractivity contribution < 1.29 is 19.0 Å². The summed E-state index contributed by atoms with van der Waals surface area (Å²) < 4.78 is 18.1. The highest BCUT2D eigenvalue weighted by atomic mass is 19.1. The zero-order valence-corrected chi connectivity index (χ0v) is 14.7. The third kappa shape index (κ3) is 4.21. The van der Waals surface area contributed by atoms with Gasteiger partial charge in [0.1, 0.15) is 6.10 Å². The van der Waals surface area contributed by atoms with Crippen molar-refractivity contribution in [1.29, 1.82) is 0 Å². The van der Waals surface area contributed by atoms with Crippen molar-refractivity contribution in [1.82, 2.24) is 4.90 Å². The summed E-state index contributed by atoms with van der Waals surface area (Å²) in [4.78, 5) is 15.2. The zero-order chi connectivity index (χ0) is 17.7. The van der Waals surface area contributed by atoms with Gasteiger partial charge in [0, 0.05) is 6.54 Å². The van der Waals surface area contributed by atoms with E-state index in [1.807, 2.05) is 18.2 Å². The van der Waals surface area contributed by atoms with Gasteiger partial charge in [-0.1, -0.05) is 36.8 Å².